The second-order valence-corrected chi connectivity index (χ2v) is 7.14. The molecule has 190 valence electrons. The van der Waals surface area contributed by atoms with Crippen LogP contribution in [0.5, 0.6) is 0 Å². The van der Waals surface area contributed by atoms with E-state index in [9.17, 15) is 41.0 Å². The standard InChI is InChI=1S/C11H13N5O3S.2C2HF3O2/c12-3-5-4-20-9-6(15-11-13-1-2-14-11)8(17)16(9)7(5)10(18)19;2*3-2(4,5)1(6)7/h1-2,6,9H,3-4,12H2,(H,18,19)(H2,13,14,15);2*(H,6,7)/t6?,9-;;/m0../s1. The van der Waals surface area contributed by atoms with Crippen molar-refractivity contribution in [2.75, 3.05) is 17.6 Å². The first kappa shape index (κ1) is 28.6. The van der Waals surface area contributed by atoms with Crippen LogP contribution in [0.2, 0.25) is 0 Å². The molecule has 7 N–H and O–H groups in total. The number of amides is 1. The third-order valence-corrected chi connectivity index (χ3v) is 5.11. The minimum Gasteiger partial charge on any atom is -0.477 e. The quantitative estimate of drug-likeness (QED) is 0.239. The minimum atomic E-state index is -5.08. The van der Waals surface area contributed by atoms with Crippen LogP contribution in [0.15, 0.2) is 23.7 Å². The molecule has 3 heterocycles. The van der Waals surface area contributed by atoms with Crippen molar-refractivity contribution in [3.8, 4) is 0 Å². The number of aromatic nitrogens is 2. The number of nitrogens with one attached hydrogen (secondary N) is 2. The Balaban J connectivity index is 0.000000343. The SMILES string of the molecule is NCC1=C(C(=O)O)N2C(=O)C(Nc3ncc[nH]3)[C@@H]2SC1.O=C(O)C(F)(F)F.O=C(O)C(F)(F)F. The summed E-state index contributed by atoms with van der Waals surface area (Å²) in [5, 5.41) is 26.2. The maximum Gasteiger partial charge on any atom is 0.490 e. The molecule has 0 aromatic carbocycles. The smallest absolute Gasteiger partial charge is 0.477 e. The van der Waals surface area contributed by atoms with Crippen molar-refractivity contribution in [3.05, 3.63) is 23.7 Å². The van der Waals surface area contributed by atoms with E-state index in [1.54, 1.807) is 12.4 Å². The number of halogens is 6. The van der Waals surface area contributed by atoms with Gasteiger partial charge in [-0.15, -0.1) is 11.8 Å². The molecule has 1 fully saturated rings. The summed E-state index contributed by atoms with van der Waals surface area (Å²) in [5.41, 5.74) is 6.16. The van der Waals surface area contributed by atoms with Gasteiger partial charge in [0.15, 0.2) is 0 Å². The summed E-state index contributed by atoms with van der Waals surface area (Å²) in [4.78, 5) is 49.4. The van der Waals surface area contributed by atoms with E-state index in [0.29, 0.717) is 17.3 Å². The van der Waals surface area contributed by atoms with Crippen LogP contribution in [0.25, 0.3) is 0 Å². The Labute approximate surface area is 188 Å². The monoisotopic (exact) mass is 523 g/mol. The largest absolute Gasteiger partial charge is 0.490 e. The Hall–Kier alpha value is -3.48. The predicted octanol–water partition coefficient (Wildman–Crippen LogP) is 0.669. The number of aliphatic carboxylic acids is 3. The number of nitrogens with zero attached hydrogens (tertiary/aromatic N) is 2. The van der Waals surface area contributed by atoms with E-state index in [0.717, 1.165) is 0 Å². The average Bonchev–Trinajstić information content (AvgIpc) is 3.23. The molecular formula is C15H15F6N5O7S. The molecule has 1 amide bonds. The zero-order valence-electron chi connectivity index (χ0n) is 16.3. The number of H-pyrrole nitrogens is 1. The van der Waals surface area contributed by atoms with E-state index >= 15 is 0 Å². The van der Waals surface area contributed by atoms with Crippen LogP contribution in [-0.4, -0.2) is 90.1 Å². The van der Waals surface area contributed by atoms with Crippen molar-refractivity contribution in [2.45, 2.75) is 23.8 Å². The first-order valence-electron chi connectivity index (χ1n) is 8.48. The lowest BCUT2D eigenvalue weighted by molar-refractivity contribution is -0.193. The predicted molar refractivity (Wildman–Crippen MR) is 100 cm³/mol. The minimum absolute atomic E-state index is 0.0266. The molecule has 0 aliphatic carbocycles. The number of carboxylic acid groups (broad SMARTS) is 3. The summed E-state index contributed by atoms with van der Waals surface area (Å²) in [7, 11) is 0. The van der Waals surface area contributed by atoms with Gasteiger partial charge in [-0.25, -0.2) is 19.4 Å². The van der Waals surface area contributed by atoms with Crippen molar-refractivity contribution >= 4 is 41.5 Å². The molecule has 0 spiro atoms. The number of carbonyl (C=O) groups is 4. The molecule has 12 nitrogen and oxygen atoms in total. The lowest BCUT2D eigenvalue weighted by Crippen LogP contribution is -2.67. The lowest BCUT2D eigenvalue weighted by Gasteiger charge is -2.49. The zero-order chi connectivity index (χ0) is 26.4. The molecule has 0 saturated carbocycles. The molecule has 1 saturated heterocycles. The molecule has 2 atom stereocenters. The highest BCUT2D eigenvalue weighted by atomic mass is 32.2. The molecule has 1 aromatic rings. The first-order chi connectivity index (χ1) is 15.5. The van der Waals surface area contributed by atoms with E-state index in [2.05, 4.69) is 15.3 Å². The summed E-state index contributed by atoms with van der Waals surface area (Å²) < 4.78 is 63.5. The van der Waals surface area contributed by atoms with Gasteiger partial charge in [0.2, 0.25) is 5.95 Å². The number of alkyl halides is 6. The van der Waals surface area contributed by atoms with Crippen molar-refractivity contribution in [1.82, 2.24) is 14.9 Å². The van der Waals surface area contributed by atoms with Crippen molar-refractivity contribution in [2.24, 2.45) is 5.73 Å². The zero-order valence-corrected chi connectivity index (χ0v) is 17.2. The van der Waals surface area contributed by atoms with Gasteiger partial charge in [-0.3, -0.25) is 9.69 Å². The molecule has 0 bridgehead atoms. The van der Waals surface area contributed by atoms with Gasteiger partial charge < -0.3 is 31.4 Å². The summed E-state index contributed by atoms with van der Waals surface area (Å²) in [6, 6.07) is -0.472. The molecule has 1 unspecified atom stereocenters. The van der Waals surface area contributed by atoms with Crippen LogP contribution in [0, 0.1) is 0 Å². The Bertz CT molecular complexity index is 926. The molecule has 1 aromatic heterocycles. The number of nitrogens with two attached hydrogens (primary N) is 1. The number of β-lactam (4-membered cyclic amide) rings is 1. The fourth-order valence-corrected chi connectivity index (χ4v) is 3.69. The Morgan fingerprint density at radius 3 is 2.00 bits per heavy atom. The van der Waals surface area contributed by atoms with Crippen molar-refractivity contribution < 1.29 is 60.8 Å². The Morgan fingerprint density at radius 2 is 1.65 bits per heavy atom. The van der Waals surface area contributed by atoms with Crippen LogP contribution in [0.1, 0.15) is 0 Å². The number of imidazole rings is 1. The van der Waals surface area contributed by atoms with Gasteiger partial charge in [-0.2, -0.15) is 26.3 Å². The molecular weight excluding hydrogens is 508 g/mol. The highest BCUT2D eigenvalue weighted by Gasteiger charge is 2.53. The molecule has 2 aliphatic heterocycles. The molecule has 3 rings (SSSR count). The number of thioether (sulfide) groups is 1. The van der Waals surface area contributed by atoms with Gasteiger partial charge in [0.25, 0.3) is 5.91 Å². The molecule has 34 heavy (non-hydrogen) atoms. The van der Waals surface area contributed by atoms with Crippen LogP contribution < -0.4 is 11.1 Å². The number of hydrogen-bond acceptors (Lipinski definition) is 8. The first-order valence-corrected chi connectivity index (χ1v) is 9.53. The molecule has 0 radical (unpaired) electrons. The normalized spacial score (nSPS) is 19.5. The van der Waals surface area contributed by atoms with E-state index < -0.39 is 36.3 Å². The second kappa shape index (κ2) is 11.1. The summed E-state index contributed by atoms with van der Waals surface area (Å²) in [6.45, 7) is 0.140. The molecule has 19 heteroatoms. The highest BCUT2D eigenvalue weighted by Crippen LogP contribution is 2.40. The summed E-state index contributed by atoms with van der Waals surface area (Å²) in [6.07, 6.45) is -6.95. The van der Waals surface area contributed by atoms with Crippen molar-refractivity contribution in [1.29, 1.82) is 0 Å². The van der Waals surface area contributed by atoms with E-state index in [1.165, 1.54) is 16.7 Å². The van der Waals surface area contributed by atoms with Gasteiger partial charge in [-0.1, -0.05) is 0 Å². The molecule has 2 aliphatic rings. The van der Waals surface area contributed by atoms with Gasteiger partial charge >= 0.3 is 30.3 Å². The van der Waals surface area contributed by atoms with Crippen LogP contribution in [0.3, 0.4) is 0 Å². The summed E-state index contributed by atoms with van der Waals surface area (Å²) in [5.74, 6) is -5.89. The third kappa shape index (κ3) is 7.27. The fourth-order valence-electron chi connectivity index (χ4n) is 2.33. The van der Waals surface area contributed by atoms with Gasteiger partial charge in [0.05, 0.1) is 0 Å². The average molecular weight is 523 g/mol. The van der Waals surface area contributed by atoms with Crippen molar-refractivity contribution in [3.63, 3.8) is 0 Å². The number of aromatic amines is 1. The number of anilines is 1. The second-order valence-electron chi connectivity index (χ2n) is 6.04. The van der Waals surface area contributed by atoms with Gasteiger partial charge in [0, 0.05) is 24.7 Å². The maximum atomic E-state index is 12.2. The van der Waals surface area contributed by atoms with Gasteiger partial charge in [-0.05, 0) is 5.57 Å². The number of hydrogen-bond donors (Lipinski definition) is 6. The van der Waals surface area contributed by atoms with Crippen LogP contribution >= 0.6 is 11.8 Å². The lowest BCUT2D eigenvalue weighted by atomic mass is 10.0. The van der Waals surface area contributed by atoms with E-state index in [-0.39, 0.29) is 23.5 Å². The van der Waals surface area contributed by atoms with Gasteiger partial charge in [0.1, 0.15) is 17.1 Å². The highest BCUT2D eigenvalue weighted by molar-refractivity contribution is 8.00. The Kier molecular flexibility index (Phi) is 9.32. The van der Waals surface area contributed by atoms with E-state index in [1.807, 2.05) is 0 Å². The number of rotatable bonds is 4. The number of fused-ring (bicyclic) bond motifs is 1. The van der Waals surface area contributed by atoms with Crippen LogP contribution in [0.4, 0.5) is 32.3 Å². The third-order valence-electron chi connectivity index (χ3n) is 3.77. The number of carbonyl (C=O) groups excluding carboxylic acids is 1. The summed E-state index contributed by atoms with van der Waals surface area (Å²) >= 11 is 1.50. The van der Waals surface area contributed by atoms with Crippen LogP contribution in [-0.2, 0) is 19.2 Å². The fraction of sp³-hybridized carbons (Fsp3) is 0.400. The number of carboxylic acids is 3. The Morgan fingerprint density at radius 1 is 1.15 bits per heavy atom. The topological polar surface area (TPSA) is 199 Å². The van der Waals surface area contributed by atoms with E-state index in [4.69, 9.17) is 25.5 Å². The maximum absolute atomic E-state index is 12.2.